The van der Waals surface area contributed by atoms with Crippen molar-refractivity contribution >= 4 is 27.5 Å². The summed E-state index contributed by atoms with van der Waals surface area (Å²) in [5, 5.41) is 10.7. The van der Waals surface area contributed by atoms with Crippen molar-refractivity contribution in [3.8, 4) is 0 Å². The van der Waals surface area contributed by atoms with Gasteiger partial charge in [0, 0.05) is 9.50 Å². The maximum absolute atomic E-state index is 9.96. The maximum Gasteiger partial charge on any atom is 0.0583 e. The minimum Gasteiger partial charge on any atom is -0.393 e. The molecule has 1 atom stereocenters. The molecule has 0 radical (unpaired) electrons. The predicted octanol–water partition coefficient (Wildman–Crippen LogP) is 4.20. The van der Waals surface area contributed by atoms with E-state index in [2.05, 4.69) is 15.9 Å². The average molecular weight is 304 g/mol. The average Bonchev–Trinajstić information content (AvgIpc) is 2.16. The third-order valence-corrected chi connectivity index (χ3v) is 4.15. The summed E-state index contributed by atoms with van der Waals surface area (Å²) >= 11 is 9.49. The van der Waals surface area contributed by atoms with Gasteiger partial charge in [-0.1, -0.05) is 52.9 Å². The summed E-state index contributed by atoms with van der Waals surface area (Å²) in [4.78, 5) is 0. The number of hydrogen-bond donors (Lipinski definition) is 1. The zero-order valence-electron chi connectivity index (χ0n) is 9.13. The van der Waals surface area contributed by atoms with Gasteiger partial charge in [-0.3, -0.25) is 0 Å². The van der Waals surface area contributed by atoms with E-state index in [0.717, 1.165) is 27.4 Å². The first kappa shape index (κ1) is 12.4. The molecule has 1 aromatic rings. The van der Waals surface area contributed by atoms with Gasteiger partial charge in [-0.15, -0.1) is 0 Å². The highest BCUT2D eigenvalue weighted by Crippen LogP contribution is 2.31. The monoisotopic (exact) mass is 302 g/mol. The van der Waals surface area contributed by atoms with Crippen LogP contribution in [0.25, 0.3) is 0 Å². The fraction of sp³-hybridized carbons (Fsp3) is 0.538. The second-order valence-corrected chi connectivity index (χ2v) is 5.95. The molecular formula is C13H16BrClO. The Kier molecular flexibility index (Phi) is 4.28. The lowest BCUT2D eigenvalue weighted by atomic mass is 9.80. The van der Waals surface area contributed by atoms with Crippen LogP contribution in [0.5, 0.6) is 0 Å². The molecule has 1 aromatic carbocycles. The van der Waals surface area contributed by atoms with Crippen LogP contribution in [0.4, 0.5) is 0 Å². The Morgan fingerprint density at radius 2 is 2.19 bits per heavy atom. The Morgan fingerprint density at radius 3 is 2.75 bits per heavy atom. The van der Waals surface area contributed by atoms with E-state index in [0.29, 0.717) is 6.42 Å². The summed E-state index contributed by atoms with van der Waals surface area (Å²) in [5.41, 5.74) is 1.04. The van der Waals surface area contributed by atoms with Crippen LogP contribution in [-0.2, 0) is 6.42 Å². The standard InChI is InChI=1S/C13H16BrClO/c14-11-5-4-10(13(15)8-11)7-12(16)6-9-2-1-3-9/h4-5,8-9,12,16H,1-3,6-7H2. The van der Waals surface area contributed by atoms with Gasteiger partial charge < -0.3 is 5.11 Å². The van der Waals surface area contributed by atoms with E-state index in [-0.39, 0.29) is 6.10 Å². The number of rotatable bonds is 4. The van der Waals surface area contributed by atoms with Gasteiger partial charge in [-0.05, 0) is 36.5 Å². The fourth-order valence-electron chi connectivity index (χ4n) is 2.14. The van der Waals surface area contributed by atoms with Crippen LogP contribution >= 0.6 is 27.5 Å². The first-order valence-electron chi connectivity index (χ1n) is 5.77. The van der Waals surface area contributed by atoms with Gasteiger partial charge in [-0.2, -0.15) is 0 Å². The van der Waals surface area contributed by atoms with E-state index in [1.807, 2.05) is 18.2 Å². The van der Waals surface area contributed by atoms with Crippen LogP contribution in [0.1, 0.15) is 31.2 Å². The molecule has 0 spiro atoms. The molecule has 1 saturated carbocycles. The molecular weight excluding hydrogens is 287 g/mol. The number of halogens is 2. The first-order valence-corrected chi connectivity index (χ1v) is 6.94. The van der Waals surface area contributed by atoms with Crippen molar-refractivity contribution in [3.05, 3.63) is 33.3 Å². The zero-order valence-corrected chi connectivity index (χ0v) is 11.5. The number of aliphatic hydroxyl groups is 1. The third kappa shape index (κ3) is 3.22. The summed E-state index contributed by atoms with van der Waals surface area (Å²) in [5.74, 6) is 0.740. The lowest BCUT2D eigenvalue weighted by Crippen LogP contribution is -2.21. The Hall–Kier alpha value is -0.0500. The lowest BCUT2D eigenvalue weighted by molar-refractivity contribution is 0.118. The van der Waals surface area contributed by atoms with Crippen LogP contribution in [0, 0.1) is 5.92 Å². The lowest BCUT2D eigenvalue weighted by Gasteiger charge is -2.27. The Balaban J connectivity index is 1.91. The second-order valence-electron chi connectivity index (χ2n) is 4.63. The highest BCUT2D eigenvalue weighted by Gasteiger charge is 2.21. The van der Waals surface area contributed by atoms with Crippen molar-refractivity contribution in [1.82, 2.24) is 0 Å². The van der Waals surface area contributed by atoms with Gasteiger partial charge in [0.2, 0.25) is 0 Å². The van der Waals surface area contributed by atoms with Crippen molar-refractivity contribution < 1.29 is 5.11 Å². The highest BCUT2D eigenvalue weighted by molar-refractivity contribution is 9.10. The van der Waals surface area contributed by atoms with Crippen molar-refractivity contribution in [2.45, 2.75) is 38.2 Å². The summed E-state index contributed by atoms with van der Waals surface area (Å²) in [7, 11) is 0. The van der Waals surface area contributed by atoms with Crippen LogP contribution in [0.2, 0.25) is 5.02 Å². The molecule has 0 bridgehead atoms. The predicted molar refractivity (Wildman–Crippen MR) is 70.8 cm³/mol. The Morgan fingerprint density at radius 1 is 1.44 bits per heavy atom. The summed E-state index contributed by atoms with van der Waals surface area (Å²) in [6.07, 6.45) is 5.24. The van der Waals surface area contributed by atoms with Gasteiger partial charge in [0.25, 0.3) is 0 Å². The first-order chi connectivity index (χ1) is 7.65. The van der Waals surface area contributed by atoms with E-state index in [9.17, 15) is 5.11 Å². The molecule has 1 aliphatic rings. The SMILES string of the molecule is OC(Cc1ccc(Br)cc1Cl)CC1CCC1. The number of benzene rings is 1. The molecule has 0 aliphatic heterocycles. The molecule has 2 rings (SSSR count). The van der Waals surface area contributed by atoms with Crippen molar-refractivity contribution in [3.63, 3.8) is 0 Å². The molecule has 1 N–H and O–H groups in total. The van der Waals surface area contributed by atoms with Gasteiger partial charge in [0.15, 0.2) is 0 Å². The smallest absolute Gasteiger partial charge is 0.0583 e. The van der Waals surface area contributed by atoms with E-state index in [4.69, 9.17) is 11.6 Å². The topological polar surface area (TPSA) is 20.2 Å². The van der Waals surface area contributed by atoms with Gasteiger partial charge >= 0.3 is 0 Å². The molecule has 0 saturated heterocycles. The van der Waals surface area contributed by atoms with Crippen molar-refractivity contribution in [2.75, 3.05) is 0 Å². The highest BCUT2D eigenvalue weighted by atomic mass is 79.9. The quantitative estimate of drug-likeness (QED) is 0.884. The van der Waals surface area contributed by atoms with E-state index in [1.165, 1.54) is 19.3 Å². The van der Waals surface area contributed by atoms with E-state index in [1.54, 1.807) is 0 Å². The maximum atomic E-state index is 9.96. The molecule has 1 nitrogen and oxygen atoms in total. The van der Waals surface area contributed by atoms with Gasteiger partial charge in [0.1, 0.15) is 0 Å². The van der Waals surface area contributed by atoms with E-state index >= 15 is 0 Å². The molecule has 0 amide bonds. The van der Waals surface area contributed by atoms with E-state index < -0.39 is 0 Å². The minimum absolute atomic E-state index is 0.246. The molecule has 1 aliphatic carbocycles. The Bertz CT molecular complexity index is 363. The molecule has 0 aromatic heterocycles. The summed E-state index contributed by atoms with van der Waals surface area (Å²) < 4.78 is 0.981. The van der Waals surface area contributed by atoms with Crippen LogP contribution in [0.3, 0.4) is 0 Å². The molecule has 1 fully saturated rings. The number of aliphatic hydroxyl groups excluding tert-OH is 1. The summed E-state index contributed by atoms with van der Waals surface area (Å²) in [6.45, 7) is 0. The van der Waals surface area contributed by atoms with Crippen LogP contribution in [-0.4, -0.2) is 11.2 Å². The summed E-state index contributed by atoms with van der Waals surface area (Å²) in [6, 6.07) is 5.83. The molecule has 3 heteroatoms. The van der Waals surface area contributed by atoms with Crippen LogP contribution in [0.15, 0.2) is 22.7 Å². The third-order valence-electron chi connectivity index (χ3n) is 3.30. The van der Waals surface area contributed by atoms with Crippen molar-refractivity contribution in [2.24, 2.45) is 5.92 Å². The Labute approximate surface area is 110 Å². The second kappa shape index (κ2) is 5.52. The van der Waals surface area contributed by atoms with Gasteiger partial charge in [-0.25, -0.2) is 0 Å². The minimum atomic E-state index is -0.246. The molecule has 1 unspecified atom stereocenters. The molecule has 0 heterocycles. The normalized spacial score (nSPS) is 18.2. The molecule has 16 heavy (non-hydrogen) atoms. The fourth-order valence-corrected chi connectivity index (χ4v) is 2.89. The van der Waals surface area contributed by atoms with Crippen LogP contribution < -0.4 is 0 Å². The largest absolute Gasteiger partial charge is 0.393 e. The zero-order chi connectivity index (χ0) is 11.5. The van der Waals surface area contributed by atoms with Crippen molar-refractivity contribution in [1.29, 1.82) is 0 Å². The number of hydrogen-bond acceptors (Lipinski definition) is 1. The van der Waals surface area contributed by atoms with Gasteiger partial charge in [0.05, 0.1) is 6.10 Å². The molecule has 88 valence electrons.